The molecule has 0 amide bonds. The molecule has 5 nitrogen and oxygen atoms in total. The van der Waals surface area contributed by atoms with Crippen molar-refractivity contribution in [2.24, 2.45) is 0 Å². The highest BCUT2D eigenvalue weighted by molar-refractivity contribution is 7.16. The van der Waals surface area contributed by atoms with Crippen molar-refractivity contribution in [2.75, 3.05) is 36.0 Å². The van der Waals surface area contributed by atoms with E-state index in [4.69, 9.17) is 11.6 Å². The molecular formula is C15H14ClN5S. The predicted molar refractivity (Wildman–Crippen MR) is 91.1 cm³/mol. The first-order valence-corrected chi connectivity index (χ1v) is 8.37. The first-order valence-electron chi connectivity index (χ1n) is 7.11. The van der Waals surface area contributed by atoms with Gasteiger partial charge in [0.2, 0.25) is 0 Å². The summed E-state index contributed by atoms with van der Waals surface area (Å²) in [5.41, 5.74) is 0. The summed E-state index contributed by atoms with van der Waals surface area (Å²) in [4.78, 5) is 18.8. The Bertz CT molecular complexity index is 797. The molecule has 3 aromatic heterocycles. The van der Waals surface area contributed by atoms with E-state index in [1.54, 1.807) is 23.9 Å². The quantitative estimate of drug-likeness (QED) is 0.722. The monoisotopic (exact) mass is 331 g/mol. The van der Waals surface area contributed by atoms with Crippen LogP contribution in [0, 0.1) is 0 Å². The molecule has 4 rings (SSSR count). The minimum Gasteiger partial charge on any atom is -0.352 e. The van der Waals surface area contributed by atoms with E-state index in [0.29, 0.717) is 5.02 Å². The maximum atomic E-state index is 6.24. The maximum Gasteiger partial charge on any atom is 0.147 e. The molecule has 1 aliphatic heterocycles. The van der Waals surface area contributed by atoms with E-state index in [0.717, 1.165) is 48.0 Å². The van der Waals surface area contributed by atoms with Gasteiger partial charge in [0.15, 0.2) is 0 Å². The van der Waals surface area contributed by atoms with Gasteiger partial charge in [-0.15, -0.1) is 11.3 Å². The fraction of sp³-hybridized carbons (Fsp3) is 0.267. The number of halogens is 1. The summed E-state index contributed by atoms with van der Waals surface area (Å²) in [6, 6.07) is 5.84. The minimum absolute atomic E-state index is 0.707. The summed E-state index contributed by atoms with van der Waals surface area (Å²) >= 11 is 7.89. The molecule has 0 radical (unpaired) electrons. The Hall–Kier alpha value is -1.92. The van der Waals surface area contributed by atoms with E-state index >= 15 is 0 Å². The molecule has 22 heavy (non-hydrogen) atoms. The van der Waals surface area contributed by atoms with E-state index in [1.165, 1.54) is 0 Å². The van der Waals surface area contributed by atoms with Crippen LogP contribution in [0.4, 0.5) is 11.6 Å². The van der Waals surface area contributed by atoms with Crippen molar-refractivity contribution >= 4 is 44.8 Å². The summed E-state index contributed by atoms with van der Waals surface area (Å²) in [6.07, 6.45) is 3.43. The summed E-state index contributed by atoms with van der Waals surface area (Å²) in [5.74, 6) is 1.89. The highest BCUT2D eigenvalue weighted by Crippen LogP contribution is 2.29. The lowest BCUT2D eigenvalue weighted by Gasteiger charge is -2.36. The van der Waals surface area contributed by atoms with Crippen LogP contribution >= 0.6 is 22.9 Å². The number of thiophene rings is 1. The van der Waals surface area contributed by atoms with Gasteiger partial charge in [-0.25, -0.2) is 15.0 Å². The topological polar surface area (TPSA) is 45.2 Å². The molecule has 0 aromatic carbocycles. The van der Waals surface area contributed by atoms with Gasteiger partial charge >= 0.3 is 0 Å². The molecule has 4 heterocycles. The molecule has 7 heteroatoms. The Kier molecular flexibility index (Phi) is 3.56. The lowest BCUT2D eigenvalue weighted by atomic mass is 10.2. The third kappa shape index (κ3) is 2.38. The summed E-state index contributed by atoms with van der Waals surface area (Å²) in [7, 11) is 0. The zero-order chi connectivity index (χ0) is 14.9. The van der Waals surface area contributed by atoms with Crippen molar-refractivity contribution < 1.29 is 0 Å². The van der Waals surface area contributed by atoms with Crippen LogP contribution in [0.5, 0.6) is 0 Å². The number of rotatable bonds is 2. The lowest BCUT2D eigenvalue weighted by molar-refractivity contribution is 0.643. The van der Waals surface area contributed by atoms with Crippen LogP contribution < -0.4 is 9.80 Å². The van der Waals surface area contributed by atoms with E-state index in [9.17, 15) is 0 Å². The van der Waals surface area contributed by atoms with Crippen molar-refractivity contribution in [3.8, 4) is 0 Å². The number of fused-ring (bicyclic) bond motifs is 1. The second-order valence-corrected chi connectivity index (χ2v) is 6.42. The Balaban J connectivity index is 1.55. The second kappa shape index (κ2) is 5.70. The maximum absolute atomic E-state index is 6.24. The SMILES string of the molecule is Clc1cccnc1N1CCN(c2ncnc3sccc23)CC1. The highest BCUT2D eigenvalue weighted by Gasteiger charge is 2.22. The van der Waals surface area contributed by atoms with Gasteiger partial charge in [-0.3, -0.25) is 0 Å². The molecule has 3 aromatic rings. The Morgan fingerprint density at radius 3 is 2.50 bits per heavy atom. The van der Waals surface area contributed by atoms with Crippen LogP contribution in [-0.2, 0) is 0 Å². The minimum atomic E-state index is 0.707. The molecule has 0 aliphatic carbocycles. The van der Waals surface area contributed by atoms with Crippen molar-refractivity contribution in [1.29, 1.82) is 0 Å². The van der Waals surface area contributed by atoms with Crippen molar-refractivity contribution in [1.82, 2.24) is 15.0 Å². The zero-order valence-corrected chi connectivity index (χ0v) is 13.4. The molecule has 1 saturated heterocycles. The molecule has 0 unspecified atom stereocenters. The van der Waals surface area contributed by atoms with E-state index in [1.807, 2.05) is 12.1 Å². The number of hydrogen-bond acceptors (Lipinski definition) is 6. The Morgan fingerprint density at radius 2 is 1.73 bits per heavy atom. The molecule has 0 N–H and O–H groups in total. The first kappa shape index (κ1) is 13.7. The van der Waals surface area contributed by atoms with Gasteiger partial charge in [-0.2, -0.15) is 0 Å². The van der Waals surface area contributed by atoms with Crippen LogP contribution in [0.25, 0.3) is 10.2 Å². The van der Waals surface area contributed by atoms with Crippen molar-refractivity contribution in [2.45, 2.75) is 0 Å². The summed E-state index contributed by atoms with van der Waals surface area (Å²) < 4.78 is 0. The average molecular weight is 332 g/mol. The molecule has 1 aliphatic rings. The smallest absolute Gasteiger partial charge is 0.147 e. The fourth-order valence-electron chi connectivity index (χ4n) is 2.77. The number of piperazine rings is 1. The number of hydrogen-bond donors (Lipinski definition) is 0. The van der Waals surface area contributed by atoms with Crippen LogP contribution in [0.2, 0.25) is 5.02 Å². The number of nitrogens with zero attached hydrogens (tertiary/aromatic N) is 5. The van der Waals surface area contributed by atoms with E-state index in [-0.39, 0.29) is 0 Å². The van der Waals surface area contributed by atoms with Gasteiger partial charge in [-0.05, 0) is 23.6 Å². The highest BCUT2D eigenvalue weighted by atomic mass is 35.5. The van der Waals surface area contributed by atoms with Gasteiger partial charge in [0.1, 0.15) is 22.8 Å². The van der Waals surface area contributed by atoms with Crippen LogP contribution in [0.3, 0.4) is 0 Å². The van der Waals surface area contributed by atoms with E-state index in [2.05, 4.69) is 36.2 Å². The van der Waals surface area contributed by atoms with Gasteiger partial charge in [0.05, 0.1) is 10.4 Å². The standard InChI is InChI=1S/C15H14ClN5S/c16-12-2-1-4-17-14(12)21-7-5-20(6-8-21)13-11-3-9-22-15(11)19-10-18-13/h1-4,9-10H,5-8H2. The number of aromatic nitrogens is 3. The molecule has 0 saturated carbocycles. The molecule has 0 bridgehead atoms. The second-order valence-electron chi connectivity index (χ2n) is 5.12. The lowest BCUT2D eigenvalue weighted by Crippen LogP contribution is -2.47. The summed E-state index contributed by atoms with van der Waals surface area (Å²) in [5, 5.41) is 3.90. The average Bonchev–Trinajstić information content (AvgIpc) is 3.04. The zero-order valence-electron chi connectivity index (χ0n) is 11.8. The number of anilines is 2. The Morgan fingerprint density at radius 1 is 0.955 bits per heavy atom. The summed E-state index contributed by atoms with van der Waals surface area (Å²) in [6.45, 7) is 3.56. The first-order chi connectivity index (χ1) is 10.8. The third-order valence-electron chi connectivity index (χ3n) is 3.86. The van der Waals surface area contributed by atoms with Gasteiger partial charge in [0.25, 0.3) is 0 Å². The van der Waals surface area contributed by atoms with E-state index < -0.39 is 0 Å². The van der Waals surface area contributed by atoms with Crippen LogP contribution in [-0.4, -0.2) is 41.1 Å². The van der Waals surface area contributed by atoms with Crippen molar-refractivity contribution in [3.05, 3.63) is 41.1 Å². The van der Waals surface area contributed by atoms with Gasteiger partial charge in [-0.1, -0.05) is 11.6 Å². The molecule has 112 valence electrons. The Labute approximate surface area is 137 Å². The van der Waals surface area contributed by atoms with Gasteiger partial charge < -0.3 is 9.80 Å². The molecular weight excluding hydrogens is 318 g/mol. The molecule has 0 atom stereocenters. The van der Waals surface area contributed by atoms with Crippen LogP contribution in [0.1, 0.15) is 0 Å². The normalized spacial score (nSPS) is 15.5. The van der Waals surface area contributed by atoms with Crippen molar-refractivity contribution in [3.63, 3.8) is 0 Å². The van der Waals surface area contributed by atoms with Gasteiger partial charge in [0, 0.05) is 32.4 Å². The van der Waals surface area contributed by atoms with Crippen LogP contribution in [0.15, 0.2) is 36.1 Å². The molecule has 1 fully saturated rings. The predicted octanol–water partition coefficient (Wildman–Crippen LogP) is 3.07. The largest absolute Gasteiger partial charge is 0.352 e. The fourth-order valence-corrected chi connectivity index (χ4v) is 3.74. The molecule has 0 spiro atoms. The number of pyridine rings is 1. The third-order valence-corrected chi connectivity index (χ3v) is 4.97.